The van der Waals surface area contributed by atoms with Crippen molar-refractivity contribution in [2.75, 3.05) is 4.90 Å². The molecule has 1 aliphatic carbocycles. The molecule has 2 aliphatic rings. The van der Waals surface area contributed by atoms with Gasteiger partial charge in [0.1, 0.15) is 5.82 Å². The summed E-state index contributed by atoms with van der Waals surface area (Å²) in [4.78, 5) is 2.45. The Morgan fingerprint density at radius 1 is 1.25 bits per heavy atom. The maximum absolute atomic E-state index is 14.3. The van der Waals surface area contributed by atoms with E-state index in [4.69, 9.17) is 0 Å². The van der Waals surface area contributed by atoms with Crippen LogP contribution in [0.3, 0.4) is 0 Å². The Bertz CT molecular complexity index is 470. The maximum Gasteiger partial charge on any atom is 0.129 e. The Morgan fingerprint density at radius 3 is 2.75 bits per heavy atom. The van der Waals surface area contributed by atoms with Gasteiger partial charge in [-0.05, 0) is 51.2 Å². The monoisotopic (exact) mass is 276 g/mol. The van der Waals surface area contributed by atoms with Crippen molar-refractivity contribution in [2.24, 2.45) is 0 Å². The van der Waals surface area contributed by atoms with Crippen molar-refractivity contribution >= 4 is 5.69 Å². The third-order valence-corrected chi connectivity index (χ3v) is 4.77. The Balaban J connectivity index is 1.88. The molecule has 0 amide bonds. The second kappa shape index (κ2) is 5.72. The van der Waals surface area contributed by atoms with Crippen LogP contribution in [0.2, 0.25) is 0 Å². The number of hydrogen-bond donors (Lipinski definition) is 1. The first-order chi connectivity index (χ1) is 9.70. The van der Waals surface area contributed by atoms with Crippen molar-refractivity contribution in [1.82, 2.24) is 5.32 Å². The highest BCUT2D eigenvalue weighted by atomic mass is 19.1. The summed E-state index contributed by atoms with van der Waals surface area (Å²) in [7, 11) is 0. The molecule has 2 nitrogen and oxygen atoms in total. The van der Waals surface area contributed by atoms with E-state index >= 15 is 0 Å². The lowest BCUT2D eigenvalue weighted by Crippen LogP contribution is -2.35. The number of halogens is 1. The molecule has 110 valence electrons. The molecule has 3 rings (SSSR count). The van der Waals surface area contributed by atoms with Crippen molar-refractivity contribution < 1.29 is 4.39 Å². The molecule has 0 spiro atoms. The van der Waals surface area contributed by atoms with E-state index in [9.17, 15) is 4.39 Å². The van der Waals surface area contributed by atoms with Gasteiger partial charge in [-0.25, -0.2) is 4.39 Å². The number of anilines is 1. The van der Waals surface area contributed by atoms with Crippen LogP contribution in [-0.4, -0.2) is 18.1 Å². The van der Waals surface area contributed by atoms with Crippen molar-refractivity contribution in [2.45, 2.75) is 70.6 Å². The number of hydrogen-bond acceptors (Lipinski definition) is 2. The standard InChI is InChI=1S/C17H25FN2/c1-3-14-10-7-12(2)20(14)17-6-4-5-16(18)15(17)11-19-13-8-9-13/h4-6,12-14,19H,3,7-11H2,1-2H3. The van der Waals surface area contributed by atoms with Crippen LogP contribution < -0.4 is 10.2 Å². The molecule has 0 radical (unpaired) electrons. The lowest BCUT2D eigenvalue weighted by Gasteiger charge is -2.32. The molecule has 1 saturated heterocycles. The smallest absolute Gasteiger partial charge is 0.129 e. The van der Waals surface area contributed by atoms with Crippen molar-refractivity contribution in [3.05, 3.63) is 29.6 Å². The van der Waals surface area contributed by atoms with Crippen molar-refractivity contribution in [1.29, 1.82) is 0 Å². The van der Waals surface area contributed by atoms with E-state index in [0.717, 1.165) is 17.7 Å². The zero-order chi connectivity index (χ0) is 14.1. The van der Waals surface area contributed by atoms with Gasteiger partial charge in [-0.15, -0.1) is 0 Å². The minimum Gasteiger partial charge on any atom is -0.366 e. The van der Waals surface area contributed by atoms with E-state index in [1.807, 2.05) is 6.07 Å². The van der Waals surface area contributed by atoms with Gasteiger partial charge in [0, 0.05) is 35.9 Å². The van der Waals surface area contributed by atoms with E-state index < -0.39 is 0 Å². The average Bonchev–Trinajstić information content (AvgIpc) is 3.19. The van der Waals surface area contributed by atoms with Gasteiger partial charge in [0.05, 0.1) is 0 Å². The Morgan fingerprint density at radius 2 is 2.05 bits per heavy atom. The Labute approximate surface area is 121 Å². The lowest BCUT2D eigenvalue weighted by molar-refractivity contribution is 0.575. The fourth-order valence-electron chi connectivity index (χ4n) is 3.40. The summed E-state index contributed by atoms with van der Waals surface area (Å²) in [6, 6.07) is 7.23. The topological polar surface area (TPSA) is 15.3 Å². The molecule has 3 heteroatoms. The summed E-state index contributed by atoms with van der Waals surface area (Å²) >= 11 is 0. The lowest BCUT2D eigenvalue weighted by atomic mass is 10.1. The van der Waals surface area contributed by atoms with Crippen molar-refractivity contribution in [3.63, 3.8) is 0 Å². The highest BCUT2D eigenvalue weighted by Gasteiger charge is 2.31. The van der Waals surface area contributed by atoms with E-state index in [2.05, 4.69) is 30.1 Å². The normalized spacial score (nSPS) is 26.2. The van der Waals surface area contributed by atoms with Crippen LogP contribution in [0, 0.1) is 5.82 Å². The van der Waals surface area contributed by atoms with Crippen LogP contribution in [-0.2, 0) is 6.54 Å². The first-order valence-corrected chi connectivity index (χ1v) is 7.99. The minimum absolute atomic E-state index is 0.0652. The van der Waals surface area contributed by atoms with Gasteiger partial charge in [-0.2, -0.15) is 0 Å². The third kappa shape index (κ3) is 2.69. The van der Waals surface area contributed by atoms with Gasteiger partial charge in [-0.3, -0.25) is 0 Å². The first-order valence-electron chi connectivity index (χ1n) is 7.99. The predicted molar refractivity (Wildman–Crippen MR) is 81.5 cm³/mol. The predicted octanol–water partition coefficient (Wildman–Crippen LogP) is 3.85. The molecule has 2 unspecified atom stereocenters. The van der Waals surface area contributed by atoms with Crippen LogP contribution in [0.1, 0.15) is 51.5 Å². The minimum atomic E-state index is -0.0652. The van der Waals surface area contributed by atoms with Crippen LogP contribution >= 0.6 is 0 Å². The summed E-state index contributed by atoms with van der Waals surface area (Å²) in [6.07, 6.45) is 6.05. The quantitative estimate of drug-likeness (QED) is 0.879. The Kier molecular flexibility index (Phi) is 3.97. The van der Waals surface area contributed by atoms with Crippen LogP contribution in [0.15, 0.2) is 18.2 Å². The first kappa shape index (κ1) is 13.9. The molecule has 2 atom stereocenters. The summed E-state index contributed by atoms with van der Waals surface area (Å²) in [5.41, 5.74) is 1.96. The zero-order valence-corrected chi connectivity index (χ0v) is 12.5. The van der Waals surface area contributed by atoms with Gasteiger partial charge in [0.25, 0.3) is 0 Å². The fourth-order valence-corrected chi connectivity index (χ4v) is 3.40. The number of benzene rings is 1. The highest BCUT2D eigenvalue weighted by Crippen LogP contribution is 2.35. The molecule has 1 heterocycles. The van der Waals surface area contributed by atoms with Gasteiger partial charge in [-0.1, -0.05) is 13.0 Å². The van der Waals surface area contributed by atoms with E-state index in [1.165, 1.54) is 25.7 Å². The molecule has 1 N–H and O–H groups in total. The molecular weight excluding hydrogens is 251 g/mol. The second-order valence-electron chi connectivity index (χ2n) is 6.29. The number of nitrogens with zero attached hydrogens (tertiary/aromatic N) is 1. The van der Waals surface area contributed by atoms with Gasteiger partial charge in [0.15, 0.2) is 0 Å². The zero-order valence-electron chi connectivity index (χ0n) is 12.5. The molecule has 1 aromatic rings. The third-order valence-electron chi connectivity index (χ3n) is 4.77. The van der Waals surface area contributed by atoms with Crippen molar-refractivity contribution in [3.8, 4) is 0 Å². The average molecular weight is 276 g/mol. The van der Waals surface area contributed by atoms with Crippen LogP contribution in [0.4, 0.5) is 10.1 Å². The highest BCUT2D eigenvalue weighted by molar-refractivity contribution is 5.56. The van der Waals surface area contributed by atoms with Gasteiger partial charge < -0.3 is 10.2 Å². The van der Waals surface area contributed by atoms with Gasteiger partial charge >= 0.3 is 0 Å². The molecular formula is C17H25FN2. The molecule has 1 saturated carbocycles. The van der Waals surface area contributed by atoms with Gasteiger partial charge in [0.2, 0.25) is 0 Å². The second-order valence-corrected chi connectivity index (χ2v) is 6.29. The van der Waals surface area contributed by atoms with E-state index in [0.29, 0.717) is 24.7 Å². The summed E-state index contributed by atoms with van der Waals surface area (Å²) in [5, 5.41) is 3.46. The summed E-state index contributed by atoms with van der Waals surface area (Å²) in [5.74, 6) is -0.0652. The summed E-state index contributed by atoms with van der Waals surface area (Å²) in [6.45, 7) is 5.15. The number of rotatable bonds is 5. The van der Waals surface area contributed by atoms with E-state index in [1.54, 1.807) is 6.07 Å². The molecule has 0 aromatic heterocycles. The SMILES string of the molecule is CCC1CCC(C)N1c1cccc(F)c1CNC1CC1. The Hall–Kier alpha value is -1.09. The van der Waals surface area contributed by atoms with E-state index in [-0.39, 0.29) is 5.82 Å². The fraction of sp³-hybridized carbons (Fsp3) is 0.647. The number of nitrogens with one attached hydrogen (secondary N) is 1. The largest absolute Gasteiger partial charge is 0.366 e. The molecule has 20 heavy (non-hydrogen) atoms. The molecule has 1 aliphatic heterocycles. The van der Waals surface area contributed by atoms with Crippen LogP contribution in [0.25, 0.3) is 0 Å². The van der Waals surface area contributed by atoms with Crippen LogP contribution in [0.5, 0.6) is 0 Å². The molecule has 2 fully saturated rings. The molecule has 0 bridgehead atoms. The summed E-state index contributed by atoms with van der Waals surface area (Å²) < 4.78 is 14.3. The molecule has 1 aromatic carbocycles. The maximum atomic E-state index is 14.3.